The Balaban J connectivity index is 1.39. The summed E-state index contributed by atoms with van der Waals surface area (Å²) in [4.78, 5) is 16.7. The average molecular weight is 402 g/mol. The largest absolute Gasteiger partial charge is 0.378 e. The number of nitrogens with zero attached hydrogens (tertiary/aromatic N) is 3. The lowest BCUT2D eigenvalue weighted by Gasteiger charge is -2.17. The summed E-state index contributed by atoms with van der Waals surface area (Å²) in [5.74, 6) is -0.497. The van der Waals surface area contributed by atoms with Crippen LogP contribution in [0.4, 0.5) is 15.8 Å². The minimum Gasteiger partial charge on any atom is -0.378 e. The van der Waals surface area contributed by atoms with Gasteiger partial charge in [0.15, 0.2) is 0 Å². The molecule has 5 nitrogen and oxygen atoms in total. The molecule has 0 saturated carbocycles. The predicted molar refractivity (Wildman–Crippen MR) is 119 cm³/mol. The first kappa shape index (κ1) is 19.6. The van der Waals surface area contributed by atoms with Gasteiger partial charge in [0.2, 0.25) is 0 Å². The summed E-state index contributed by atoms with van der Waals surface area (Å²) in [7, 11) is 3.97. The first-order valence-electron chi connectivity index (χ1n) is 9.73. The van der Waals surface area contributed by atoms with Gasteiger partial charge in [0, 0.05) is 44.1 Å². The summed E-state index contributed by atoms with van der Waals surface area (Å²) in [6, 6.07) is 20.0. The summed E-state index contributed by atoms with van der Waals surface area (Å²) in [5, 5.41) is 4.07. The Morgan fingerprint density at radius 2 is 1.70 bits per heavy atom. The lowest BCUT2D eigenvalue weighted by molar-refractivity contribution is 0.0955. The molecule has 4 rings (SSSR count). The van der Waals surface area contributed by atoms with Crippen LogP contribution in [0.2, 0.25) is 0 Å². The highest BCUT2D eigenvalue weighted by Gasteiger charge is 2.20. The molecule has 0 atom stereocenters. The van der Waals surface area contributed by atoms with Crippen molar-refractivity contribution in [2.24, 2.45) is 5.10 Å². The SMILES string of the molecule is CN(C)c1ccc(/C=N\NC(=O)c2ccc3c(c2)CN(c2ccc(F)cc2)C3)cc1. The first-order chi connectivity index (χ1) is 14.5. The Labute approximate surface area is 175 Å². The van der Waals surface area contributed by atoms with Gasteiger partial charge in [-0.3, -0.25) is 4.79 Å². The average Bonchev–Trinajstić information content (AvgIpc) is 3.18. The minimum atomic E-state index is -0.251. The second-order valence-electron chi connectivity index (χ2n) is 7.50. The maximum Gasteiger partial charge on any atom is 0.271 e. The molecule has 1 amide bonds. The molecule has 152 valence electrons. The second kappa shape index (κ2) is 8.37. The molecule has 3 aromatic rings. The molecular weight excluding hydrogens is 379 g/mol. The van der Waals surface area contributed by atoms with Crippen molar-refractivity contribution < 1.29 is 9.18 Å². The first-order valence-corrected chi connectivity index (χ1v) is 9.73. The number of rotatable bonds is 5. The highest BCUT2D eigenvalue weighted by Crippen LogP contribution is 2.29. The van der Waals surface area contributed by atoms with Gasteiger partial charge >= 0.3 is 0 Å². The third kappa shape index (κ3) is 4.33. The van der Waals surface area contributed by atoms with Crippen LogP contribution in [0.1, 0.15) is 27.0 Å². The second-order valence-corrected chi connectivity index (χ2v) is 7.50. The molecule has 0 spiro atoms. The van der Waals surface area contributed by atoms with E-state index < -0.39 is 0 Å². The van der Waals surface area contributed by atoms with Gasteiger partial charge in [-0.05, 0) is 65.2 Å². The van der Waals surface area contributed by atoms with Crippen molar-refractivity contribution in [3.63, 3.8) is 0 Å². The van der Waals surface area contributed by atoms with Gasteiger partial charge in [-0.25, -0.2) is 9.82 Å². The van der Waals surface area contributed by atoms with E-state index in [2.05, 4.69) is 15.4 Å². The van der Waals surface area contributed by atoms with Gasteiger partial charge in [0.05, 0.1) is 6.21 Å². The zero-order valence-electron chi connectivity index (χ0n) is 17.0. The highest BCUT2D eigenvalue weighted by molar-refractivity contribution is 5.95. The van der Waals surface area contributed by atoms with Crippen molar-refractivity contribution in [2.45, 2.75) is 13.1 Å². The number of benzene rings is 3. The van der Waals surface area contributed by atoms with Crippen molar-refractivity contribution in [3.05, 3.63) is 94.8 Å². The number of fused-ring (bicyclic) bond motifs is 1. The maximum absolute atomic E-state index is 13.2. The van der Waals surface area contributed by atoms with Gasteiger partial charge in [-0.1, -0.05) is 18.2 Å². The van der Waals surface area contributed by atoms with Gasteiger partial charge in [0.25, 0.3) is 5.91 Å². The van der Waals surface area contributed by atoms with Crippen LogP contribution in [0.3, 0.4) is 0 Å². The molecule has 0 fully saturated rings. The molecule has 1 N–H and O–H groups in total. The molecule has 0 aliphatic carbocycles. The van der Waals surface area contributed by atoms with Crippen LogP contribution in [0, 0.1) is 5.82 Å². The van der Waals surface area contributed by atoms with Crippen LogP contribution < -0.4 is 15.2 Å². The fourth-order valence-electron chi connectivity index (χ4n) is 3.46. The number of hydrogen-bond acceptors (Lipinski definition) is 4. The van der Waals surface area contributed by atoms with E-state index in [-0.39, 0.29) is 11.7 Å². The van der Waals surface area contributed by atoms with Crippen molar-refractivity contribution in [1.29, 1.82) is 0 Å². The normalized spacial score (nSPS) is 12.8. The Hall–Kier alpha value is -3.67. The van der Waals surface area contributed by atoms with E-state index in [1.807, 2.05) is 61.5 Å². The van der Waals surface area contributed by atoms with Crippen molar-refractivity contribution in [1.82, 2.24) is 5.43 Å². The van der Waals surface area contributed by atoms with E-state index in [1.165, 1.54) is 17.7 Å². The zero-order valence-corrected chi connectivity index (χ0v) is 17.0. The standard InChI is InChI=1S/C24H23FN4O/c1-28(2)22-9-3-17(4-10-22)14-26-27-24(30)18-5-6-19-15-29(16-20(19)13-18)23-11-7-21(25)8-12-23/h3-14H,15-16H2,1-2H3,(H,27,30)/b26-14-. The Bertz CT molecular complexity index is 1080. The van der Waals surface area contributed by atoms with Gasteiger partial charge in [-0.15, -0.1) is 0 Å². The molecular formula is C24H23FN4O. The Morgan fingerprint density at radius 3 is 2.40 bits per heavy atom. The quantitative estimate of drug-likeness (QED) is 0.515. The molecule has 6 heteroatoms. The summed E-state index contributed by atoms with van der Waals surface area (Å²) in [5.41, 5.74) is 8.38. The number of carbonyl (C=O) groups is 1. The van der Waals surface area contributed by atoms with Gasteiger partial charge in [-0.2, -0.15) is 5.10 Å². The summed E-state index contributed by atoms with van der Waals surface area (Å²) in [6.07, 6.45) is 1.63. The van der Waals surface area contributed by atoms with E-state index in [1.54, 1.807) is 18.3 Å². The number of nitrogens with one attached hydrogen (secondary N) is 1. The number of anilines is 2. The zero-order chi connectivity index (χ0) is 21.1. The van der Waals surface area contributed by atoms with E-state index in [0.29, 0.717) is 12.1 Å². The number of halogens is 1. The fraction of sp³-hybridized carbons (Fsp3) is 0.167. The van der Waals surface area contributed by atoms with Crippen LogP contribution >= 0.6 is 0 Å². The van der Waals surface area contributed by atoms with Gasteiger partial charge in [0.1, 0.15) is 5.82 Å². The summed E-state index contributed by atoms with van der Waals surface area (Å²) >= 11 is 0. The van der Waals surface area contributed by atoms with Crippen LogP contribution in [0.25, 0.3) is 0 Å². The topological polar surface area (TPSA) is 47.9 Å². The predicted octanol–water partition coefficient (Wildman–Crippen LogP) is 4.18. The van der Waals surface area contributed by atoms with Crippen molar-refractivity contribution >= 4 is 23.5 Å². The van der Waals surface area contributed by atoms with E-state index >= 15 is 0 Å². The lowest BCUT2D eigenvalue weighted by Crippen LogP contribution is -2.18. The number of amides is 1. The van der Waals surface area contributed by atoms with E-state index in [0.717, 1.165) is 29.0 Å². The molecule has 0 bridgehead atoms. The third-order valence-electron chi connectivity index (χ3n) is 5.17. The minimum absolute atomic E-state index is 0.247. The molecule has 0 unspecified atom stereocenters. The molecule has 30 heavy (non-hydrogen) atoms. The molecule has 3 aromatic carbocycles. The highest BCUT2D eigenvalue weighted by atomic mass is 19.1. The van der Waals surface area contributed by atoms with E-state index in [4.69, 9.17) is 0 Å². The lowest BCUT2D eigenvalue weighted by atomic mass is 10.1. The van der Waals surface area contributed by atoms with Crippen LogP contribution in [0.5, 0.6) is 0 Å². The van der Waals surface area contributed by atoms with Crippen molar-refractivity contribution in [3.8, 4) is 0 Å². The summed E-state index contributed by atoms with van der Waals surface area (Å²) < 4.78 is 13.2. The number of carbonyl (C=O) groups excluding carboxylic acids is 1. The third-order valence-corrected chi connectivity index (χ3v) is 5.17. The molecule has 0 radical (unpaired) electrons. The molecule has 0 aromatic heterocycles. The number of hydrogen-bond donors (Lipinski definition) is 1. The van der Waals surface area contributed by atoms with Crippen molar-refractivity contribution in [2.75, 3.05) is 23.9 Å². The summed E-state index contributed by atoms with van der Waals surface area (Å²) in [6.45, 7) is 1.42. The van der Waals surface area contributed by atoms with E-state index in [9.17, 15) is 9.18 Å². The molecule has 1 heterocycles. The Morgan fingerprint density at radius 1 is 1.00 bits per heavy atom. The maximum atomic E-state index is 13.2. The van der Waals surface area contributed by atoms with Crippen LogP contribution in [0.15, 0.2) is 71.8 Å². The fourth-order valence-corrected chi connectivity index (χ4v) is 3.46. The van der Waals surface area contributed by atoms with Crippen LogP contribution in [-0.4, -0.2) is 26.2 Å². The smallest absolute Gasteiger partial charge is 0.271 e. The molecule has 1 aliphatic rings. The molecule has 1 aliphatic heterocycles. The Kier molecular flexibility index (Phi) is 5.48. The van der Waals surface area contributed by atoms with Gasteiger partial charge < -0.3 is 9.80 Å². The monoisotopic (exact) mass is 402 g/mol. The van der Waals surface area contributed by atoms with Crippen LogP contribution in [-0.2, 0) is 13.1 Å². The number of hydrazone groups is 1. The molecule has 0 saturated heterocycles.